The van der Waals surface area contributed by atoms with Crippen molar-refractivity contribution in [1.29, 1.82) is 0 Å². The van der Waals surface area contributed by atoms with E-state index in [1.165, 1.54) is 52.8 Å². The second-order valence-corrected chi connectivity index (χ2v) is 10.6. The molecule has 0 saturated carbocycles. The van der Waals surface area contributed by atoms with Crippen LogP contribution in [0.25, 0.3) is 17.1 Å². The Morgan fingerprint density at radius 3 is 2.56 bits per heavy atom. The lowest BCUT2D eigenvalue weighted by Crippen LogP contribution is -2.38. The number of rotatable bonds is 11. The van der Waals surface area contributed by atoms with E-state index in [0.717, 1.165) is 16.0 Å². The maximum atomic E-state index is 12.4. The fraction of sp³-hybridized carbons (Fsp3) is 0.250. The summed E-state index contributed by atoms with van der Waals surface area (Å²) in [5.74, 6) is 0.475. The minimum Gasteiger partial charge on any atom is -0.406 e. The summed E-state index contributed by atoms with van der Waals surface area (Å²) in [6.45, 7) is 5.54. The number of carbonyl (C=O) groups excluding carboxylic acids is 1. The molecule has 41 heavy (non-hydrogen) atoms. The molecule has 4 aromatic rings. The predicted octanol–water partition coefficient (Wildman–Crippen LogP) is 6.71. The first-order valence-electron chi connectivity index (χ1n) is 12.7. The summed E-state index contributed by atoms with van der Waals surface area (Å²) in [4.78, 5) is 17.6. The van der Waals surface area contributed by atoms with Gasteiger partial charge < -0.3 is 15.4 Å². The quantitative estimate of drug-likeness (QED) is 0.130. The maximum Gasteiger partial charge on any atom is 0.573 e. The molecule has 0 atom stereocenters. The number of ether oxygens (including phenoxy) is 1. The van der Waals surface area contributed by atoms with Crippen LogP contribution in [0.2, 0.25) is 5.02 Å². The summed E-state index contributed by atoms with van der Waals surface area (Å²) in [5, 5.41) is 10.7. The molecule has 1 aromatic heterocycles. The molecule has 0 aliphatic rings. The molecule has 0 bridgehead atoms. The van der Waals surface area contributed by atoms with E-state index < -0.39 is 6.36 Å². The van der Waals surface area contributed by atoms with Gasteiger partial charge in [-0.15, -0.1) is 18.3 Å². The van der Waals surface area contributed by atoms with Crippen molar-refractivity contribution in [1.82, 2.24) is 30.1 Å². The highest BCUT2D eigenvalue weighted by atomic mass is 35.5. The first-order valence-corrected chi connectivity index (χ1v) is 13.8. The second kappa shape index (κ2) is 13.7. The van der Waals surface area contributed by atoms with Crippen LogP contribution in [0, 0.1) is 0 Å². The zero-order valence-electron chi connectivity index (χ0n) is 22.2. The van der Waals surface area contributed by atoms with E-state index in [9.17, 15) is 18.0 Å². The molecular formula is C28H28ClF3N6O2S. The summed E-state index contributed by atoms with van der Waals surface area (Å²) in [6.07, 6.45) is -3.29. The lowest BCUT2D eigenvalue weighted by Gasteiger charge is -2.13. The van der Waals surface area contributed by atoms with Crippen LogP contribution in [0.3, 0.4) is 0 Å². The van der Waals surface area contributed by atoms with Gasteiger partial charge in [-0.05, 0) is 71.5 Å². The summed E-state index contributed by atoms with van der Waals surface area (Å²) in [7, 11) is 0. The average molecular weight is 605 g/mol. The van der Waals surface area contributed by atoms with Gasteiger partial charge >= 0.3 is 12.4 Å². The van der Waals surface area contributed by atoms with Crippen LogP contribution in [-0.2, 0) is 6.54 Å². The van der Waals surface area contributed by atoms with Crippen molar-refractivity contribution in [3.8, 4) is 22.8 Å². The first kappa shape index (κ1) is 30.2. The molecule has 3 N–H and O–H groups in total. The lowest BCUT2D eigenvalue weighted by atomic mass is 10.0. The molecule has 0 saturated heterocycles. The largest absolute Gasteiger partial charge is 0.573 e. The van der Waals surface area contributed by atoms with Crippen LogP contribution >= 0.6 is 23.5 Å². The molecule has 13 heteroatoms. The van der Waals surface area contributed by atoms with Crippen LogP contribution in [0.4, 0.5) is 18.0 Å². The third kappa shape index (κ3) is 9.13. The van der Waals surface area contributed by atoms with E-state index in [-0.39, 0.29) is 11.8 Å². The van der Waals surface area contributed by atoms with Gasteiger partial charge in [0.05, 0.1) is 5.69 Å². The maximum absolute atomic E-state index is 12.4. The van der Waals surface area contributed by atoms with Crippen LogP contribution in [0.1, 0.15) is 30.9 Å². The van der Waals surface area contributed by atoms with Gasteiger partial charge in [0.15, 0.2) is 5.82 Å². The number of carbonyl (C=O) groups is 1. The van der Waals surface area contributed by atoms with E-state index in [1.807, 2.05) is 42.5 Å². The Morgan fingerprint density at radius 1 is 1.05 bits per heavy atom. The van der Waals surface area contributed by atoms with Crippen LogP contribution < -0.4 is 20.1 Å². The first-order chi connectivity index (χ1) is 19.6. The van der Waals surface area contributed by atoms with Gasteiger partial charge in [-0.3, -0.25) is 4.72 Å². The summed E-state index contributed by atoms with van der Waals surface area (Å²) in [6, 6.07) is 18.2. The standard InChI is InChI=1S/C28H28ClF3N6O2S/c1-18(2)24-11-6-21(29)15-25(24)41-36-13-12-33-27(39)34-16-19-4-3-5-20(14-19)26-35-17-38(37-26)22-7-9-23(10-8-22)40-28(30,31)32/h3-11,14-15,17-18,36H,12-13,16H2,1-2H3,(H2,33,34,39). The molecule has 0 radical (unpaired) electrons. The number of nitrogens with one attached hydrogen (secondary N) is 3. The van der Waals surface area contributed by atoms with Crippen LogP contribution in [-0.4, -0.2) is 40.2 Å². The highest BCUT2D eigenvalue weighted by molar-refractivity contribution is 7.97. The number of nitrogens with zero attached hydrogens (tertiary/aromatic N) is 3. The zero-order valence-corrected chi connectivity index (χ0v) is 23.8. The smallest absolute Gasteiger partial charge is 0.406 e. The SMILES string of the molecule is CC(C)c1ccc(Cl)cc1SNCCNC(=O)NCc1cccc(-c2ncn(-c3ccc(OC(F)(F)F)cc3)n2)c1. The predicted molar refractivity (Wildman–Crippen MR) is 153 cm³/mol. The Balaban J connectivity index is 1.24. The molecule has 3 aromatic carbocycles. The average Bonchev–Trinajstić information content (AvgIpc) is 3.42. The number of alkyl halides is 3. The lowest BCUT2D eigenvalue weighted by molar-refractivity contribution is -0.274. The summed E-state index contributed by atoms with van der Waals surface area (Å²) in [5.41, 5.74) is 3.30. The Labute approximate surface area is 244 Å². The van der Waals surface area contributed by atoms with E-state index in [2.05, 4.69) is 44.0 Å². The van der Waals surface area contributed by atoms with Gasteiger partial charge in [0.25, 0.3) is 0 Å². The zero-order chi connectivity index (χ0) is 29.4. The fourth-order valence-electron chi connectivity index (χ4n) is 3.81. The van der Waals surface area contributed by atoms with Gasteiger partial charge in [-0.25, -0.2) is 14.5 Å². The molecule has 216 valence electrons. The summed E-state index contributed by atoms with van der Waals surface area (Å²) < 4.78 is 45.7. The molecule has 0 unspecified atom stereocenters. The number of halogens is 4. The minimum atomic E-state index is -4.76. The van der Waals surface area contributed by atoms with Crippen molar-refractivity contribution in [2.75, 3.05) is 13.1 Å². The second-order valence-electron chi connectivity index (χ2n) is 9.20. The Kier molecular flexibility index (Phi) is 10.1. The Bertz CT molecular complexity index is 1460. The van der Waals surface area contributed by atoms with Crippen molar-refractivity contribution in [3.05, 3.63) is 89.2 Å². The Morgan fingerprint density at radius 2 is 1.83 bits per heavy atom. The summed E-state index contributed by atoms with van der Waals surface area (Å²) >= 11 is 7.62. The van der Waals surface area contributed by atoms with Crippen molar-refractivity contribution < 1.29 is 22.7 Å². The van der Waals surface area contributed by atoms with Crippen LogP contribution in [0.15, 0.2) is 78.0 Å². The number of amides is 2. The third-order valence-electron chi connectivity index (χ3n) is 5.76. The van der Waals surface area contributed by atoms with Gasteiger partial charge in [-0.1, -0.05) is 49.7 Å². The minimum absolute atomic E-state index is 0.295. The fourth-order valence-corrected chi connectivity index (χ4v) is 5.02. The number of benzene rings is 3. The van der Waals surface area contributed by atoms with Gasteiger partial charge in [-0.2, -0.15) is 0 Å². The van der Waals surface area contributed by atoms with Crippen molar-refractivity contribution in [2.24, 2.45) is 0 Å². The molecule has 2 amide bonds. The highest BCUT2D eigenvalue weighted by Crippen LogP contribution is 2.29. The molecule has 8 nitrogen and oxygen atoms in total. The van der Waals surface area contributed by atoms with Gasteiger partial charge in [0.2, 0.25) is 0 Å². The van der Waals surface area contributed by atoms with Crippen molar-refractivity contribution >= 4 is 29.6 Å². The van der Waals surface area contributed by atoms with E-state index in [1.54, 1.807) is 0 Å². The molecule has 0 fully saturated rings. The molecule has 4 rings (SSSR count). The highest BCUT2D eigenvalue weighted by Gasteiger charge is 2.31. The molecule has 0 aliphatic heterocycles. The monoisotopic (exact) mass is 604 g/mol. The van der Waals surface area contributed by atoms with Gasteiger partial charge in [0.1, 0.15) is 12.1 Å². The topological polar surface area (TPSA) is 93.1 Å². The van der Waals surface area contributed by atoms with E-state index >= 15 is 0 Å². The van der Waals surface area contributed by atoms with Crippen LogP contribution in [0.5, 0.6) is 5.75 Å². The van der Waals surface area contributed by atoms with E-state index in [4.69, 9.17) is 11.6 Å². The third-order valence-corrected chi connectivity index (χ3v) is 6.91. The van der Waals surface area contributed by atoms with E-state index in [0.29, 0.717) is 42.1 Å². The number of hydrogen-bond donors (Lipinski definition) is 3. The van der Waals surface area contributed by atoms with Crippen molar-refractivity contribution in [2.45, 2.75) is 37.6 Å². The van der Waals surface area contributed by atoms with Crippen molar-refractivity contribution in [3.63, 3.8) is 0 Å². The molecule has 1 heterocycles. The number of hydrogen-bond acceptors (Lipinski definition) is 6. The normalized spacial score (nSPS) is 11.5. The molecular weight excluding hydrogens is 577 g/mol. The number of aromatic nitrogens is 3. The molecule has 0 spiro atoms. The number of urea groups is 1. The molecule has 0 aliphatic carbocycles. The van der Waals surface area contributed by atoms with Gasteiger partial charge in [0, 0.05) is 35.1 Å². The Hall–Kier alpha value is -3.74.